The van der Waals surface area contributed by atoms with Crippen LogP contribution in [0.25, 0.3) is 0 Å². The van der Waals surface area contributed by atoms with Gasteiger partial charge < -0.3 is 14.2 Å². The second-order valence-electron chi connectivity index (χ2n) is 21.0. The van der Waals surface area contributed by atoms with E-state index in [1.165, 1.54) is 250 Å². The molecule has 0 aliphatic carbocycles. The van der Waals surface area contributed by atoms with E-state index in [9.17, 15) is 14.4 Å². The van der Waals surface area contributed by atoms with Crippen LogP contribution in [0, 0.1) is 0 Å². The van der Waals surface area contributed by atoms with Crippen LogP contribution in [0.15, 0.2) is 12.2 Å². The van der Waals surface area contributed by atoms with E-state index < -0.39 is 6.10 Å². The molecule has 0 saturated heterocycles. The fourth-order valence-electron chi connectivity index (χ4n) is 9.38. The molecule has 0 aliphatic heterocycles. The molecule has 0 aromatic rings. The van der Waals surface area contributed by atoms with E-state index in [1.807, 2.05) is 0 Å². The van der Waals surface area contributed by atoms with Crippen molar-refractivity contribution in [2.75, 3.05) is 13.2 Å². The number of ether oxygens (including phenoxy) is 3. The summed E-state index contributed by atoms with van der Waals surface area (Å²) >= 11 is 0. The van der Waals surface area contributed by atoms with Crippen molar-refractivity contribution in [3.63, 3.8) is 0 Å². The smallest absolute Gasteiger partial charge is 0.306 e. The third-order valence-electron chi connectivity index (χ3n) is 14.0. The average Bonchev–Trinajstić information content (AvgIpc) is 3.34. The van der Waals surface area contributed by atoms with Crippen molar-refractivity contribution in [2.45, 2.75) is 354 Å². The van der Waals surface area contributed by atoms with Crippen molar-refractivity contribution in [1.29, 1.82) is 0 Å². The SMILES string of the molecule is CCCCCCCCC/C=C\CCCCCCCCCC(=O)OC(COC(=O)CCCCCCCC)COC(=O)CCCCCCCCCCCCCCCCCCCCCCCCCCCC. The Kier molecular flexibility index (Phi) is 56.2. The second-order valence-corrected chi connectivity index (χ2v) is 21.0. The minimum atomic E-state index is -0.765. The normalized spacial score (nSPS) is 12.0. The molecular formula is C62H118O6. The summed E-state index contributed by atoms with van der Waals surface area (Å²) in [5.41, 5.74) is 0. The van der Waals surface area contributed by atoms with Gasteiger partial charge in [0.2, 0.25) is 0 Å². The standard InChI is InChI=1S/C62H118O6/c1-4-7-10-13-16-18-20-22-24-26-28-29-30-31-32-33-34-35-37-38-40-42-44-46-49-52-55-61(64)67-58-59(57-66-60(63)54-51-48-15-12-9-6-3)68-62(65)56-53-50-47-45-43-41-39-36-27-25-23-21-19-17-14-11-8-5-2/h25,27,59H,4-24,26,28-58H2,1-3H3/b27-25-. The lowest BCUT2D eigenvalue weighted by Crippen LogP contribution is -2.30. The first-order valence-electron chi connectivity index (χ1n) is 30.7. The summed E-state index contributed by atoms with van der Waals surface area (Å²) in [6.07, 6.45) is 66.9. The number of hydrogen-bond acceptors (Lipinski definition) is 6. The highest BCUT2D eigenvalue weighted by Gasteiger charge is 2.19. The van der Waals surface area contributed by atoms with Crippen LogP contribution in [0.4, 0.5) is 0 Å². The van der Waals surface area contributed by atoms with Crippen molar-refractivity contribution in [3.05, 3.63) is 12.2 Å². The van der Waals surface area contributed by atoms with Gasteiger partial charge in [-0.3, -0.25) is 14.4 Å². The van der Waals surface area contributed by atoms with Gasteiger partial charge in [0.1, 0.15) is 13.2 Å². The molecule has 0 radical (unpaired) electrons. The molecule has 1 atom stereocenters. The summed E-state index contributed by atoms with van der Waals surface area (Å²) in [7, 11) is 0. The van der Waals surface area contributed by atoms with E-state index in [0.717, 1.165) is 57.8 Å². The van der Waals surface area contributed by atoms with Crippen LogP contribution in [-0.4, -0.2) is 37.2 Å². The highest BCUT2D eigenvalue weighted by atomic mass is 16.6. The fraction of sp³-hybridized carbons (Fsp3) is 0.919. The lowest BCUT2D eigenvalue weighted by molar-refractivity contribution is -0.167. The van der Waals surface area contributed by atoms with E-state index in [1.54, 1.807) is 0 Å². The molecule has 402 valence electrons. The topological polar surface area (TPSA) is 78.9 Å². The van der Waals surface area contributed by atoms with E-state index >= 15 is 0 Å². The molecule has 0 bridgehead atoms. The summed E-state index contributed by atoms with van der Waals surface area (Å²) < 4.78 is 16.8. The number of rotatable bonds is 57. The van der Waals surface area contributed by atoms with Gasteiger partial charge in [-0.1, -0.05) is 296 Å². The molecule has 0 amide bonds. The zero-order chi connectivity index (χ0) is 49.3. The first-order valence-corrected chi connectivity index (χ1v) is 30.7. The summed E-state index contributed by atoms with van der Waals surface area (Å²) in [6, 6.07) is 0. The quantitative estimate of drug-likeness (QED) is 0.0262. The Labute approximate surface area is 424 Å². The molecule has 6 nitrogen and oxygen atoms in total. The molecule has 6 heteroatoms. The van der Waals surface area contributed by atoms with Crippen molar-refractivity contribution in [2.24, 2.45) is 0 Å². The highest BCUT2D eigenvalue weighted by Crippen LogP contribution is 2.18. The maximum atomic E-state index is 12.8. The lowest BCUT2D eigenvalue weighted by Gasteiger charge is -2.18. The lowest BCUT2D eigenvalue weighted by atomic mass is 10.0. The van der Waals surface area contributed by atoms with Crippen LogP contribution in [0.5, 0.6) is 0 Å². The predicted molar refractivity (Wildman–Crippen MR) is 293 cm³/mol. The predicted octanol–water partition coefficient (Wildman–Crippen LogP) is 20.5. The summed E-state index contributed by atoms with van der Waals surface area (Å²) in [5, 5.41) is 0. The molecule has 0 N–H and O–H groups in total. The minimum Gasteiger partial charge on any atom is -0.462 e. The van der Waals surface area contributed by atoms with Gasteiger partial charge in [0.15, 0.2) is 6.10 Å². The summed E-state index contributed by atoms with van der Waals surface area (Å²) in [6.45, 7) is 6.63. The number of allylic oxidation sites excluding steroid dienone is 2. The molecule has 0 saturated carbocycles. The Morgan fingerprint density at radius 2 is 0.485 bits per heavy atom. The minimum absolute atomic E-state index is 0.0668. The third-order valence-corrected chi connectivity index (χ3v) is 14.0. The molecule has 0 aromatic carbocycles. The Hall–Kier alpha value is -1.85. The Bertz CT molecular complexity index is 1060. The van der Waals surface area contributed by atoms with E-state index in [2.05, 4.69) is 32.9 Å². The molecule has 1 unspecified atom stereocenters. The molecule has 0 aliphatic rings. The van der Waals surface area contributed by atoms with Crippen LogP contribution in [0.1, 0.15) is 348 Å². The first-order chi connectivity index (χ1) is 33.5. The van der Waals surface area contributed by atoms with E-state index in [0.29, 0.717) is 19.3 Å². The molecule has 0 rings (SSSR count). The molecule has 0 heterocycles. The van der Waals surface area contributed by atoms with Crippen LogP contribution in [-0.2, 0) is 28.6 Å². The molecule has 68 heavy (non-hydrogen) atoms. The average molecular weight is 960 g/mol. The van der Waals surface area contributed by atoms with Crippen molar-refractivity contribution < 1.29 is 28.6 Å². The maximum absolute atomic E-state index is 12.8. The third kappa shape index (κ3) is 55.1. The molecule has 0 fully saturated rings. The second kappa shape index (κ2) is 57.7. The van der Waals surface area contributed by atoms with Gasteiger partial charge in [-0.25, -0.2) is 0 Å². The number of unbranched alkanes of at least 4 members (excludes halogenated alkanes) is 44. The number of hydrogen-bond donors (Lipinski definition) is 0. The summed E-state index contributed by atoms with van der Waals surface area (Å²) in [5.74, 6) is -0.858. The zero-order valence-corrected chi connectivity index (χ0v) is 46.2. The highest BCUT2D eigenvalue weighted by molar-refractivity contribution is 5.71. The maximum Gasteiger partial charge on any atom is 0.306 e. The van der Waals surface area contributed by atoms with Gasteiger partial charge in [0.05, 0.1) is 0 Å². The Balaban J connectivity index is 4.02. The van der Waals surface area contributed by atoms with Gasteiger partial charge in [-0.05, 0) is 44.9 Å². The monoisotopic (exact) mass is 959 g/mol. The van der Waals surface area contributed by atoms with Gasteiger partial charge in [-0.2, -0.15) is 0 Å². The van der Waals surface area contributed by atoms with Gasteiger partial charge in [0, 0.05) is 19.3 Å². The van der Waals surface area contributed by atoms with Crippen LogP contribution in [0.2, 0.25) is 0 Å². The molecule has 0 spiro atoms. The van der Waals surface area contributed by atoms with Crippen molar-refractivity contribution in [3.8, 4) is 0 Å². The Morgan fingerprint density at radius 3 is 0.735 bits per heavy atom. The Morgan fingerprint density at radius 1 is 0.279 bits per heavy atom. The van der Waals surface area contributed by atoms with Crippen molar-refractivity contribution in [1.82, 2.24) is 0 Å². The van der Waals surface area contributed by atoms with Crippen LogP contribution in [0.3, 0.4) is 0 Å². The van der Waals surface area contributed by atoms with Crippen molar-refractivity contribution >= 4 is 17.9 Å². The fourth-order valence-corrected chi connectivity index (χ4v) is 9.38. The van der Waals surface area contributed by atoms with Gasteiger partial charge in [0.25, 0.3) is 0 Å². The zero-order valence-electron chi connectivity index (χ0n) is 46.2. The number of carbonyl (C=O) groups excluding carboxylic acids is 3. The number of esters is 3. The van der Waals surface area contributed by atoms with Gasteiger partial charge in [-0.15, -0.1) is 0 Å². The van der Waals surface area contributed by atoms with E-state index in [-0.39, 0.29) is 31.1 Å². The van der Waals surface area contributed by atoms with Gasteiger partial charge >= 0.3 is 17.9 Å². The number of carbonyl (C=O) groups is 3. The largest absolute Gasteiger partial charge is 0.462 e. The molecular weight excluding hydrogens is 841 g/mol. The van der Waals surface area contributed by atoms with E-state index in [4.69, 9.17) is 14.2 Å². The van der Waals surface area contributed by atoms with Crippen LogP contribution < -0.4 is 0 Å². The van der Waals surface area contributed by atoms with Crippen LogP contribution >= 0.6 is 0 Å². The molecule has 0 aromatic heterocycles. The first kappa shape index (κ1) is 66.2. The summed E-state index contributed by atoms with van der Waals surface area (Å²) in [4.78, 5) is 37.9.